The lowest BCUT2D eigenvalue weighted by Gasteiger charge is -2.26. The van der Waals surface area contributed by atoms with Crippen LogP contribution in [0.25, 0.3) is 17.4 Å². The van der Waals surface area contributed by atoms with Crippen LogP contribution in [0.2, 0.25) is 0 Å². The number of rotatable bonds is 5. The number of anilines is 1. The summed E-state index contributed by atoms with van der Waals surface area (Å²) in [6, 6.07) is 14.4. The molecule has 0 atom stereocenters. The van der Waals surface area contributed by atoms with Crippen LogP contribution in [0.15, 0.2) is 70.7 Å². The predicted molar refractivity (Wildman–Crippen MR) is 111 cm³/mol. The molecular weight excluding hydrogens is 403 g/mol. The van der Waals surface area contributed by atoms with Crippen LogP contribution in [0.4, 0.5) is 14.9 Å². The van der Waals surface area contributed by atoms with Crippen molar-refractivity contribution in [3.8, 4) is 17.1 Å². The zero-order valence-electron chi connectivity index (χ0n) is 16.4. The second-order valence-electron chi connectivity index (χ2n) is 6.59. The Morgan fingerprint density at radius 1 is 1.00 bits per heavy atom. The van der Waals surface area contributed by atoms with E-state index in [4.69, 9.17) is 9.15 Å². The number of carbonyl (C=O) groups excluding carboxylic acids is 3. The van der Waals surface area contributed by atoms with E-state index in [1.54, 1.807) is 48.5 Å². The second-order valence-corrected chi connectivity index (χ2v) is 6.59. The van der Waals surface area contributed by atoms with Gasteiger partial charge < -0.3 is 9.15 Å². The molecule has 31 heavy (non-hydrogen) atoms. The highest BCUT2D eigenvalue weighted by atomic mass is 19.1. The molecule has 4 rings (SSSR count). The topological polar surface area (TPSA) is 88.8 Å². The van der Waals surface area contributed by atoms with E-state index in [-0.39, 0.29) is 22.8 Å². The maximum atomic E-state index is 13.1. The standard InChI is InChI=1S/C23H17FN2O5/c1-2-30-17-9-7-16(8-10-17)26-22(28)19(21(27)25-23(26)29)13-18-11-12-20(31-18)14-3-5-15(24)6-4-14/h3-13H,2H2,1H3,(H,25,27,29)/b19-13+. The molecule has 0 unspecified atom stereocenters. The number of urea groups is 1. The number of nitrogens with one attached hydrogen (secondary N) is 1. The van der Waals surface area contributed by atoms with Gasteiger partial charge in [0.05, 0.1) is 12.3 Å². The Hall–Kier alpha value is -4.20. The summed E-state index contributed by atoms with van der Waals surface area (Å²) in [7, 11) is 0. The number of hydrogen-bond acceptors (Lipinski definition) is 5. The number of imide groups is 2. The molecule has 7 nitrogen and oxygen atoms in total. The number of amides is 4. The molecule has 4 amide bonds. The smallest absolute Gasteiger partial charge is 0.335 e. The van der Waals surface area contributed by atoms with Crippen LogP contribution in [-0.2, 0) is 9.59 Å². The summed E-state index contributed by atoms with van der Waals surface area (Å²) < 4.78 is 24.1. The number of furan rings is 1. The molecule has 1 N–H and O–H groups in total. The molecule has 3 aromatic rings. The predicted octanol–water partition coefficient (Wildman–Crippen LogP) is 4.15. The van der Waals surface area contributed by atoms with E-state index in [1.165, 1.54) is 18.2 Å². The molecule has 1 aliphatic heterocycles. The number of hydrogen-bond donors (Lipinski definition) is 1. The number of carbonyl (C=O) groups is 3. The monoisotopic (exact) mass is 420 g/mol. The summed E-state index contributed by atoms with van der Waals surface area (Å²) in [4.78, 5) is 38.4. The van der Waals surface area contributed by atoms with E-state index in [9.17, 15) is 18.8 Å². The minimum absolute atomic E-state index is 0.235. The van der Waals surface area contributed by atoms with Crippen LogP contribution in [0.1, 0.15) is 12.7 Å². The largest absolute Gasteiger partial charge is 0.494 e. The second kappa shape index (κ2) is 8.27. The third kappa shape index (κ3) is 4.09. The summed E-state index contributed by atoms with van der Waals surface area (Å²) in [5.41, 5.74) is 0.668. The van der Waals surface area contributed by atoms with Crippen LogP contribution in [-0.4, -0.2) is 24.5 Å². The van der Waals surface area contributed by atoms with Crippen molar-refractivity contribution in [3.63, 3.8) is 0 Å². The van der Waals surface area contributed by atoms with E-state index in [1.807, 2.05) is 6.92 Å². The van der Waals surface area contributed by atoms with E-state index in [0.717, 1.165) is 4.90 Å². The summed E-state index contributed by atoms with van der Waals surface area (Å²) in [5.74, 6) is -0.712. The molecule has 2 heterocycles. The summed E-state index contributed by atoms with van der Waals surface area (Å²) in [6.45, 7) is 2.32. The van der Waals surface area contributed by atoms with Gasteiger partial charge in [0.25, 0.3) is 11.8 Å². The number of ether oxygens (including phenoxy) is 1. The normalized spacial score (nSPS) is 15.4. The highest BCUT2D eigenvalue weighted by Crippen LogP contribution is 2.27. The van der Waals surface area contributed by atoms with E-state index in [2.05, 4.69) is 5.32 Å². The fraction of sp³-hybridized carbons (Fsp3) is 0.0870. The minimum atomic E-state index is -0.845. The fourth-order valence-electron chi connectivity index (χ4n) is 3.09. The Balaban J connectivity index is 1.62. The third-order valence-electron chi connectivity index (χ3n) is 4.55. The molecule has 8 heteroatoms. The first-order chi connectivity index (χ1) is 15.0. The van der Waals surface area contributed by atoms with E-state index < -0.39 is 17.8 Å². The summed E-state index contributed by atoms with van der Waals surface area (Å²) >= 11 is 0. The van der Waals surface area contributed by atoms with Gasteiger partial charge in [0.2, 0.25) is 0 Å². The molecule has 1 aromatic heterocycles. The van der Waals surface area contributed by atoms with Gasteiger partial charge in [-0.05, 0) is 73.7 Å². The SMILES string of the molecule is CCOc1ccc(N2C(=O)NC(=O)/C(=C\c3ccc(-c4ccc(F)cc4)o3)C2=O)cc1. The zero-order chi connectivity index (χ0) is 22.0. The first-order valence-electron chi connectivity index (χ1n) is 9.46. The average Bonchev–Trinajstić information content (AvgIpc) is 3.22. The lowest BCUT2D eigenvalue weighted by molar-refractivity contribution is -0.122. The van der Waals surface area contributed by atoms with Crippen molar-refractivity contribution in [3.05, 3.63) is 77.8 Å². The van der Waals surface area contributed by atoms with Gasteiger partial charge in [-0.1, -0.05) is 0 Å². The van der Waals surface area contributed by atoms with Gasteiger partial charge in [-0.2, -0.15) is 0 Å². The number of nitrogens with zero attached hydrogens (tertiary/aromatic N) is 1. The summed E-state index contributed by atoms with van der Waals surface area (Å²) in [6.07, 6.45) is 1.26. The molecule has 1 saturated heterocycles. The van der Waals surface area contributed by atoms with Crippen LogP contribution in [0.5, 0.6) is 5.75 Å². The van der Waals surface area contributed by atoms with Gasteiger partial charge in [-0.25, -0.2) is 14.1 Å². The zero-order valence-corrected chi connectivity index (χ0v) is 16.4. The van der Waals surface area contributed by atoms with Crippen LogP contribution < -0.4 is 15.0 Å². The molecule has 0 saturated carbocycles. The van der Waals surface area contributed by atoms with Crippen LogP contribution in [0.3, 0.4) is 0 Å². The number of halogens is 1. The molecule has 2 aromatic carbocycles. The fourth-order valence-corrected chi connectivity index (χ4v) is 3.09. The Morgan fingerprint density at radius 2 is 1.71 bits per heavy atom. The Kier molecular flexibility index (Phi) is 5.36. The molecule has 1 aliphatic rings. The molecule has 0 spiro atoms. The van der Waals surface area contributed by atoms with Crippen molar-refractivity contribution in [2.75, 3.05) is 11.5 Å². The van der Waals surface area contributed by atoms with Gasteiger partial charge in [-0.15, -0.1) is 0 Å². The Morgan fingerprint density at radius 3 is 2.39 bits per heavy atom. The van der Waals surface area contributed by atoms with Crippen molar-refractivity contribution in [1.29, 1.82) is 0 Å². The Labute approximate surface area is 176 Å². The van der Waals surface area contributed by atoms with Gasteiger partial charge in [0.15, 0.2) is 0 Å². The molecule has 1 fully saturated rings. The Bertz CT molecular complexity index is 1180. The van der Waals surface area contributed by atoms with Gasteiger partial charge in [0, 0.05) is 5.56 Å². The van der Waals surface area contributed by atoms with Gasteiger partial charge >= 0.3 is 6.03 Å². The van der Waals surface area contributed by atoms with Crippen molar-refractivity contribution >= 4 is 29.6 Å². The lowest BCUT2D eigenvalue weighted by atomic mass is 10.1. The molecule has 0 bridgehead atoms. The molecule has 156 valence electrons. The van der Waals surface area contributed by atoms with E-state index in [0.29, 0.717) is 23.7 Å². The van der Waals surface area contributed by atoms with Crippen molar-refractivity contribution < 1.29 is 27.9 Å². The summed E-state index contributed by atoms with van der Waals surface area (Å²) in [5, 5.41) is 2.16. The number of benzene rings is 2. The maximum Gasteiger partial charge on any atom is 0.335 e. The maximum absolute atomic E-state index is 13.1. The molecule has 0 radical (unpaired) electrons. The van der Waals surface area contributed by atoms with Gasteiger partial charge in [-0.3, -0.25) is 14.9 Å². The molecular formula is C23H17FN2O5. The third-order valence-corrected chi connectivity index (χ3v) is 4.55. The molecule has 0 aliphatic carbocycles. The van der Waals surface area contributed by atoms with Crippen LogP contribution >= 0.6 is 0 Å². The first-order valence-corrected chi connectivity index (χ1v) is 9.46. The van der Waals surface area contributed by atoms with E-state index >= 15 is 0 Å². The van der Waals surface area contributed by atoms with Crippen molar-refractivity contribution in [2.24, 2.45) is 0 Å². The highest BCUT2D eigenvalue weighted by Gasteiger charge is 2.37. The van der Waals surface area contributed by atoms with Crippen LogP contribution in [0, 0.1) is 5.82 Å². The van der Waals surface area contributed by atoms with Gasteiger partial charge in [0.1, 0.15) is 28.7 Å². The average molecular weight is 420 g/mol. The van der Waals surface area contributed by atoms with Crippen molar-refractivity contribution in [2.45, 2.75) is 6.92 Å². The van der Waals surface area contributed by atoms with Crippen molar-refractivity contribution in [1.82, 2.24) is 5.32 Å². The highest BCUT2D eigenvalue weighted by molar-refractivity contribution is 6.39. The first kappa shape index (κ1) is 20.1. The lowest BCUT2D eigenvalue weighted by Crippen LogP contribution is -2.54. The minimum Gasteiger partial charge on any atom is -0.494 e. The number of barbiturate groups is 1. The quantitative estimate of drug-likeness (QED) is 0.495.